The van der Waals surface area contributed by atoms with Crippen molar-refractivity contribution in [2.75, 3.05) is 17.7 Å². The zero-order valence-corrected chi connectivity index (χ0v) is 13.5. The molecule has 5 heteroatoms. The molecule has 0 bridgehead atoms. The van der Waals surface area contributed by atoms with E-state index in [1.165, 1.54) is 0 Å². The highest BCUT2D eigenvalue weighted by molar-refractivity contribution is 9.10. The van der Waals surface area contributed by atoms with E-state index < -0.39 is 0 Å². The fourth-order valence-electron chi connectivity index (χ4n) is 1.92. The fourth-order valence-corrected chi connectivity index (χ4v) is 2.51. The number of hydrogen-bond acceptors (Lipinski definition) is 3. The molecule has 2 rings (SSSR count). The number of aryl methyl sites for hydroxylation is 2. The Kier molecular flexibility index (Phi) is 4.85. The molecule has 0 heterocycles. The lowest BCUT2D eigenvalue weighted by atomic mass is 10.2. The van der Waals surface area contributed by atoms with Crippen LogP contribution >= 0.6 is 15.9 Å². The van der Waals surface area contributed by atoms with Crippen molar-refractivity contribution in [3.63, 3.8) is 0 Å². The highest BCUT2D eigenvalue weighted by Crippen LogP contribution is 2.29. The van der Waals surface area contributed by atoms with E-state index in [4.69, 9.17) is 10.5 Å². The summed E-state index contributed by atoms with van der Waals surface area (Å²) in [7, 11) is 0. The van der Waals surface area contributed by atoms with Gasteiger partial charge >= 0.3 is 0 Å². The summed E-state index contributed by atoms with van der Waals surface area (Å²) in [4.78, 5) is 11.9. The molecule has 0 radical (unpaired) electrons. The first-order chi connectivity index (χ1) is 9.95. The van der Waals surface area contributed by atoms with E-state index in [1.54, 1.807) is 6.07 Å². The van der Waals surface area contributed by atoms with Crippen LogP contribution in [0.25, 0.3) is 0 Å². The number of nitrogens with one attached hydrogen (secondary N) is 1. The third-order valence-electron chi connectivity index (χ3n) is 2.95. The minimum absolute atomic E-state index is 0.0828. The number of hydrogen-bond donors (Lipinski definition) is 2. The highest BCUT2D eigenvalue weighted by atomic mass is 79.9. The molecule has 0 fully saturated rings. The molecule has 0 saturated heterocycles. The predicted molar refractivity (Wildman–Crippen MR) is 88.6 cm³/mol. The molecule has 4 nitrogen and oxygen atoms in total. The second-order valence-electron chi connectivity index (χ2n) is 4.84. The highest BCUT2D eigenvalue weighted by Gasteiger charge is 2.09. The smallest absolute Gasteiger partial charge is 0.262 e. The predicted octanol–water partition coefficient (Wildman–Crippen LogP) is 3.67. The lowest BCUT2D eigenvalue weighted by molar-refractivity contribution is -0.118. The lowest BCUT2D eigenvalue weighted by Gasteiger charge is -2.12. The topological polar surface area (TPSA) is 64.3 Å². The number of benzene rings is 2. The van der Waals surface area contributed by atoms with Crippen molar-refractivity contribution in [2.45, 2.75) is 13.8 Å². The summed E-state index contributed by atoms with van der Waals surface area (Å²) in [6.45, 7) is 3.79. The molecule has 0 saturated carbocycles. The first-order valence-electron chi connectivity index (χ1n) is 6.50. The van der Waals surface area contributed by atoms with Gasteiger partial charge in [0.25, 0.3) is 5.91 Å². The zero-order chi connectivity index (χ0) is 15.4. The normalized spacial score (nSPS) is 10.2. The van der Waals surface area contributed by atoms with Gasteiger partial charge in [0.2, 0.25) is 0 Å². The molecule has 0 aromatic heterocycles. The van der Waals surface area contributed by atoms with E-state index in [0.29, 0.717) is 11.4 Å². The summed E-state index contributed by atoms with van der Waals surface area (Å²) < 4.78 is 6.41. The number of carbonyl (C=O) groups excluding carboxylic acids is 1. The number of rotatable bonds is 4. The third kappa shape index (κ3) is 4.23. The Morgan fingerprint density at radius 1 is 1.24 bits per heavy atom. The van der Waals surface area contributed by atoms with Gasteiger partial charge in [-0.2, -0.15) is 0 Å². The van der Waals surface area contributed by atoms with Crippen molar-refractivity contribution in [1.82, 2.24) is 0 Å². The molecule has 2 aromatic rings. The maximum absolute atomic E-state index is 11.9. The van der Waals surface area contributed by atoms with Gasteiger partial charge in [0.05, 0.1) is 5.69 Å². The number of halogens is 1. The van der Waals surface area contributed by atoms with E-state index in [2.05, 4.69) is 21.2 Å². The Morgan fingerprint density at radius 2 is 1.90 bits per heavy atom. The van der Waals surface area contributed by atoms with Gasteiger partial charge in [0, 0.05) is 10.2 Å². The van der Waals surface area contributed by atoms with Gasteiger partial charge in [-0.05, 0) is 43.7 Å². The first-order valence-corrected chi connectivity index (χ1v) is 7.30. The maximum Gasteiger partial charge on any atom is 0.262 e. The second-order valence-corrected chi connectivity index (χ2v) is 5.76. The number of ether oxygens (including phenoxy) is 1. The van der Waals surface area contributed by atoms with Gasteiger partial charge in [-0.1, -0.05) is 33.6 Å². The van der Waals surface area contributed by atoms with Crippen LogP contribution in [0.4, 0.5) is 11.4 Å². The van der Waals surface area contributed by atoms with Crippen LogP contribution in [0.15, 0.2) is 40.9 Å². The van der Waals surface area contributed by atoms with Crippen LogP contribution in [0, 0.1) is 13.8 Å². The molecule has 0 aliphatic heterocycles. The molecule has 1 amide bonds. The number of nitrogens with two attached hydrogens (primary N) is 1. The average Bonchev–Trinajstić information content (AvgIpc) is 2.40. The van der Waals surface area contributed by atoms with Crippen molar-refractivity contribution in [3.8, 4) is 5.75 Å². The summed E-state index contributed by atoms with van der Waals surface area (Å²) in [6, 6.07) is 11.2. The Bertz CT molecular complexity index is 631. The monoisotopic (exact) mass is 348 g/mol. The summed E-state index contributed by atoms with van der Waals surface area (Å²) in [6.07, 6.45) is 0. The lowest BCUT2D eigenvalue weighted by Crippen LogP contribution is -2.20. The molecule has 110 valence electrons. The fraction of sp³-hybridized carbons (Fsp3) is 0.188. The Morgan fingerprint density at radius 3 is 2.52 bits per heavy atom. The van der Waals surface area contributed by atoms with Crippen LogP contribution in [0.1, 0.15) is 11.1 Å². The third-order valence-corrected chi connectivity index (χ3v) is 3.41. The molecule has 2 aromatic carbocycles. The largest absolute Gasteiger partial charge is 0.481 e. The molecular weight excluding hydrogens is 332 g/mol. The van der Waals surface area contributed by atoms with Crippen LogP contribution < -0.4 is 15.8 Å². The van der Waals surface area contributed by atoms with Gasteiger partial charge in [0.15, 0.2) is 6.61 Å². The van der Waals surface area contributed by atoms with Gasteiger partial charge in [-0.15, -0.1) is 0 Å². The van der Waals surface area contributed by atoms with Gasteiger partial charge in [-0.3, -0.25) is 4.79 Å². The molecule has 21 heavy (non-hydrogen) atoms. The summed E-state index contributed by atoms with van der Waals surface area (Å²) in [5.41, 5.74) is 9.16. The van der Waals surface area contributed by atoms with Gasteiger partial charge in [0.1, 0.15) is 5.75 Å². The Labute approximate surface area is 132 Å². The molecule has 0 unspecified atom stereocenters. The summed E-state index contributed by atoms with van der Waals surface area (Å²) in [5, 5.41) is 2.78. The number of nitrogen functional groups attached to an aromatic ring is 1. The summed E-state index contributed by atoms with van der Waals surface area (Å²) >= 11 is 3.36. The molecule has 0 aliphatic carbocycles. The first kappa shape index (κ1) is 15.4. The summed E-state index contributed by atoms with van der Waals surface area (Å²) in [5.74, 6) is 0.317. The standard InChI is InChI=1S/C16H17BrN2O2/c1-10-3-5-13(6-4-10)19-15(20)9-21-16-11(2)7-12(17)8-14(16)18/h3-8H,9,18H2,1-2H3,(H,19,20). The average molecular weight is 349 g/mol. The van der Waals surface area contributed by atoms with E-state index in [-0.39, 0.29) is 12.5 Å². The van der Waals surface area contributed by atoms with Crippen molar-refractivity contribution < 1.29 is 9.53 Å². The Balaban J connectivity index is 1.97. The number of anilines is 2. The van der Waals surface area contributed by atoms with Crippen molar-refractivity contribution >= 4 is 33.2 Å². The SMILES string of the molecule is Cc1ccc(NC(=O)COc2c(C)cc(Br)cc2N)cc1. The van der Waals surface area contributed by atoms with Crippen molar-refractivity contribution in [1.29, 1.82) is 0 Å². The van der Waals surface area contributed by atoms with Gasteiger partial charge in [-0.25, -0.2) is 0 Å². The van der Waals surface area contributed by atoms with Crippen LogP contribution in [-0.2, 0) is 4.79 Å². The van der Waals surface area contributed by atoms with Crippen LogP contribution in [0.5, 0.6) is 5.75 Å². The quantitative estimate of drug-likeness (QED) is 0.828. The second kappa shape index (κ2) is 6.63. The number of carbonyl (C=O) groups is 1. The molecule has 3 N–H and O–H groups in total. The number of amides is 1. The molecule has 0 spiro atoms. The van der Waals surface area contributed by atoms with Gasteiger partial charge < -0.3 is 15.8 Å². The van der Waals surface area contributed by atoms with Crippen LogP contribution in [-0.4, -0.2) is 12.5 Å². The zero-order valence-electron chi connectivity index (χ0n) is 11.9. The minimum atomic E-state index is -0.222. The Hall–Kier alpha value is -2.01. The van der Waals surface area contributed by atoms with E-state index in [0.717, 1.165) is 21.3 Å². The van der Waals surface area contributed by atoms with Crippen molar-refractivity contribution in [3.05, 3.63) is 52.0 Å². The molecule has 0 aliphatic rings. The van der Waals surface area contributed by atoms with E-state index >= 15 is 0 Å². The molecular formula is C16H17BrN2O2. The van der Waals surface area contributed by atoms with Crippen molar-refractivity contribution in [2.24, 2.45) is 0 Å². The van der Waals surface area contributed by atoms with E-state index in [9.17, 15) is 4.79 Å². The van der Waals surface area contributed by atoms with Crippen LogP contribution in [0.2, 0.25) is 0 Å². The van der Waals surface area contributed by atoms with Crippen LogP contribution in [0.3, 0.4) is 0 Å². The van der Waals surface area contributed by atoms with E-state index in [1.807, 2.05) is 44.2 Å². The minimum Gasteiger partial charge on any atom is -0.481 e. The maximum atomic E-state index is 11.9. The molecule has 0 atom stereocenters.